The number of rotatable bonds is 1. The van der Waals surface area contributed by atoms with Gasteiger partial charge in [0.1, 0.15) is 6.33 Å². The van der Waals surface area contributed by atoms with Crippen LogP contribution in [0.3, 0.4) is 0 Å². The monoisotopic (exact) mass is 239 g/mol. The second-order valence-corrected chi connectivity index (χ2v) is 4.30. The van der Waals surface area contributed by atoms with Gasteiger partial charge in [-0.15, -0.1) is 0 Å². The maximum atomic E-state index is 5.85. The predicted octanol–water partition coefficient (Wildman–Crippen LogP) is 2.01. The van der Waals surface area contributed by atoms with Gasteiger partial charge in [-0.2, -0.15) is 0 Å². The number of anilines is 1. The third-order valence-electron chi connectivity index (χ3n) is 3.10. The van der Waals surface area contributed by atoms with Crippen molar-refractivity contribution < 1.29 is 0 Å². The van der Waals surface area contributed by atoms with Crippen molar-refractivity contribution in [1.82, 2.24) is 19.5 Å². The second-order valence-electron chi connectivity index (χ2n) is 4.30. The van der Waals surface area contributed by atoms with Gasteiger partial charge in [-0.05, 0) is 37.1 Å². The van der Waals surface area contributed by atoms with Crippen molar-refractivity contribution in [2.75, 3.05) is 5.73 Å². The molecule has 0 aliphatic heterocycles. The van der Waals surface area contributed by atoms with Crippen LogP contribution in [-0.4, -0.2) is 19.5 Å². The van der Waals surface area contributed by atoms with Gasteiger partial charge in [0.05, 0.1) is 11.0 Å². The van der Waals surface area contributed by atoms with Crippen molar-refractivity contribution in [3.05, 3.63) is 42.0 Å². The summed E-state index contributed by atoms with van der Waals surface area (Å²) in [7, 11) is 0. The van der Waals surface area contributed by atoms with E-state index in [9.17, 15) is 0 Å². The van der Waals surface area contributed by atoms with E-state index in [1.54, 1.807) is 18.7 Å². The Hall–Kier alpha value is -2.43. The largest absolute Gasteiger partial charge is 0.381 e. The number of fused-ring (bicyclic) bond motifs is 1. The average molecular weight is 239 g/mol. The summed E-state index contributed by atoms with van der Waals surface area (Å²) >= 11 is 0. The number of hydrogen-bond donors (Lipinski definition) is 1. The van der Waals surface area contributed by atoms with E-state index in [0.29, 0.717) is 11.6 Å². The fourth-order valence-electron chi connectivity index (χ4n) is 1.96. The van der Waals surface area contributed by atoms with Crippen LogP contribution in [0.1, 0.15) is 11.1 Å². The highest BCUT2D eigenvalue weighted by atomic mass is 15.1. The van der Waals surface area contributed by atoms with Gasteiger partial charge in [0.15, 0.2) is 11.6 Å². The molecule has 3 aromatic rings. The first-order chi connectivity index (χ1) is 8.66. The third-order valence-corrected chi connectivity index (χ3v) is 3.10. The van der Waals surface area contributed by atoms with E-state index in [1.807, 2.05) is 4.57 Å². The van der Waals surface area contributed by atoms with Crippen LogP contribution in [0.4, 0.5) is 5.82 Å². The molecule has 5 heteroatoms. The van der Waals surface area contributed by atoms with Crippen LogP contribution in [0.5, 0.6) is 0 Å². The van der Waals surface area contributed by atoms with Crippen LogP contribution < -0.4 is 5.73 Å². The number of nitrogen functional groups attached to an aromatic ring is 1. The maximum Gasteiger partial charge on any atom is 0.181 e. The van der Waals surface area contributed by atoms with Crippen molar-refractivity contribution in [2.24, 2.45) is 0 Å². The van der Waals surface area contributed by atoms with Crippen molar-refractivity contribution >= 4 is 16.9 Å². The Labute approximate surface area is 104 Å². The van der Waals surface area contributed by atoms with Crippen molar-refractivity contribution in [1.29, 1.82) is 0 Å². The molecule has 0 spiro atoms. The molecule has 0 aliphatic rings. The number of aromatic nitrogens is 4. The fourth-order valence-corrected chi connectivity index (χ4v) is 1.96. The first-order valence-corrected chi connectivity index (χ1v) is 5.68. The van der Waals surface area contributed by atoms with Gasteiger partial charge >= 0.3 is 0 Å². The SMILES string of the molecule is Cc1cc2ncn(-c3nccnc3N)c2cc1C. The molecule has 90 valence electrons. The fraction of sp³-hybridized carbons (Fsp3) is 0.154. The van der Waals surface area contributed by atoms with Gasteiger partial charge in [0, 0.05) is 12.4 Å². The molecular weight excluding hydrogens is 226 g/mol. The van der Waals surface area contributed by atoms with Gasteiger partial charge in [-0.25, -0.2) is 15.0 Å². The summed E-state index contributed by atoms with van der Waals surface area (Å²) in [5.74, 6) is 1.01. The van der Waals surface area contributed by atoms with E-state index in [4.69, 9.17) is 5.73 Å². The minimum atomic E-state index is 0.398. The Morgan fingerprint density at radius 3 is 2.50 bits per heavy atom. The van der Waals surface area contributed by atoms with Crippen LogP contribution in [0.2, 0.25) is 0 Å². The summed E-state index contributed by atoms with van der Waals surface area (Å²) in [4.78, 5) is 12.7. The molecule has 0 saturated carbocycles. The standard InChI is InChI=1S/C13H13N5/c1-8-5-10-11(6-9(8)2)18(7-17-10)13-12(14)15-3-4-16-13/h3-7H,1-2H3,(H2,14,15). The number of imidazole rings is 1. The topological polar surface area (TPSA) is 69.6 Å². The zero-order valence-corrected chi connectivity index (χ0v) is 10.3. The molecule has 2 heterocycles. The lowest BCUT2D eigenvalue weighted by Gasteiger charge is -2.06. The first-order valence-electron chi connectivity index (χ1n) is 5.68. The minimum Gasteiger partial charge on any atom is -0.381 e. The molecule has 3 rings (SSSR count). The van der Waals surface area contributed by atoms with E-state index in [-0.39, 0.29) is 0 Å². The lowest BCUT2D eigenvalue weighted by atomic mass is 10.1. The zero-order valence-electron chi connectivity index (χ0n) is 10.3. The number of hydrogen-bond acceptors (Lipinski definition) is 4. The Bertz CT molecular complexity index is 729. The van der Waals surface area contributed by atoms with Gasteiger partial charge in [0.25, 0.3) is 0 Å². The normalized spacial score (nSPS) is 11.0. The molecule has 5 nitrogen and oxygen atoms in total. The number of benzene rings is 1. The maximum absolute atomic E-state index is 5.85. The summed E-state index contributed by atoms with van der Waals surface area (Å²) in [5, 5.41) is 0. The molecule has 1 aromatic carbocycles. The smallest absolute Gasteiger partial charge is 0.181 e. The molecule has 0 radical (unpaired) electrons. The van der Waals surface area contributed by atoms with Crippen LogP contribution in [0, 0.1) is 13.8 Å². The molecular formula is C13H13N5. The second kappa shape index (κ2) is 3.80. The number of nitrogens with two attached hydrogens (primary N) is 1. The van der Waals surface area contributed by atoms with Crippen LogP contribution in [0.25, 0.3) is 16.9 Å². The summed E-state index contributed by atoms with van der Waals surface area (Å²) < 4.78 is 1.87. The van der Waals surface area contributed by atoms with E-state index >= 15 is 0 Å². The van der Waals surface area contributed by atoms with Crippen molar-refractivity contribution in [3.63, 3.8) is 0 Å². The molecule has 0 atom stereocenters. The van der Waals surface area contributed by atoms with E-state index in [0.717, 1.165) is 11.0 Å². The highest BCUT2D eigenvalue weighted by Crippen LogP contribution is 2.22. The molecule has 0 fully saturated rings. The zero-order chi connectivity index (χ0) is 12.7. The number of aryl methyl sites for hydroxylation is 2. The lowest BCUT2D eigenvalue weighted by molar-refractivity contribution is 1.00. The molecule has 0 amide bonds. The van der Waals surface area contributed by atoms with Crippen molar-refractivity contribution in [2.45, 2.75) is 13.8 Å². The predicted molar refractivity (Wildman–Crippen MR) is 70.5 cm³/mol. The molecule has 0 bridgehead atoms. The summed E-state index contributed by atoms with van der Waals surface area (Å²) in [6, 6.07) is 4.15. The summed E-state index contributed by atoms with van der Waals surface area (Å²) in [5.41, 5.74) is 10.2. The Kier molecular flexibility index (Phi) is 2.26. The Balaban J connectivity index is 2.31. The lowest BCUT2D eigenvalue weighted by Crippen LogP contribution is -2.03. The molecule has 0 saturated heterocycles. The summed E-state index contributed by atoms with van der Waals surface area (Å²) in [6.07, 6.45) is 4.93. The number of nitrogens with zero attached hydrogens (tertiary/aromatic N) is 4. The van der Waals surface area contributed by atoms with E-state index in [2.05, 4.69) is 40.9 Å². The van der Waals surface area contributed by atoms with E-state index in [1.165, 1.54) is 11.1 Å². The highest BCUT2D eigenvalue weighted by Gasteiger charge is 2.10. The van der Waals surface area contributed by atoms with Crippen LogP contribution >= 0.6 is 0 Å². The van der Waals surface area contributed by atoms with Gasteiger partial charge < -0.3 is 5.73 Å². The van der Waals surface area contributed by atoms with Gasteiger partial charge in [-0.3, -0.25) is 4.57 Å². The summed E-state index contributed by atoms with van der Waals surface area (Å²) in [6.45, 7) is 4.15. The average Bonchev–Trinajstić information content (AvgIpc) is 2.73. The van der Waals surface area contributed by atoms with Crippen molar-refractivity contribution in [3.8, 4) is 5.82 Å². The van der Waals surface area contributed by atoms with Gasteiger partial charge in [-0.1, -0.05) is 0 Å². The Morgan fingerprint density at radius 1 is 1.00 bits per heavy atom. The minimum absolute atomic E-state index is 0.398. The molecule has 2 aromatic heterocycles. The molecule has 0 aliphatic carbocycles. The molecule has 2 N–H and O–H groups in total. The highest BCUT2D eigenvalue weighted by molar-refractivity contribution is 5.79. The van der Waals surface area contributed by atoms with Crippen LogP contribution in [-0.2, 0) is 0 Å². The van der Waals surface area contributed by atoms with Crippen LogP contribution in [0.15, 0.2) is 30.9 Å². The first kappa shape index (κ1) is 10.7. The van der Waals surface area contributed by atoms with E-state index < -0.39 is 0 Å². The quantitative estimate of drug-likeness (QED) is 0.705. The third kappa shape index (κ3) is 1.52. The molecule has 18 heavy (non-hydrogen) atoms. The van der Waals surface area contributed by atoms with Gasteiger partial charge in [0.2, 0.25) is 0 Å². The Morgan fingerprint density at radius 2 is 1.72 bits per heavy atom. The molecule has 0 unspecified atom stereocenters.